The van der Waals surface area contributed by atoms with Gasteiger partial charge in [0.1, 0.15) is 19.3 Å². The number of alkyl carbamates (subject to hydrolysis) is 1. The summed E-state index contributed by atoms with van der Waals surface area (Å²) in [5.74, 6) is -0.570. The predicted molar refractivity (Wildman–Crippen MR) is 157 cm³/mol. The molecule has 37 heavy (non-hydrogen) atoms. The number of esters is 1. The summed E-state index contributed by atoms with van der Waals surface area (Å²) in [6.07, 6.45) is 8.14. The van der Waals surface area contributed by atoms with Gasteiger partial charge in [-0.25, -0.2) is 9.59 Å². The largest absolute Gasteiger partial charge is 0.790 e. The van der Waals surface area contributed by atoms with Crippen LogP contribution in [0.15, 0.2) is 60.7 Å². The summed E-state index contributed by atoms with van der Waals surface area (Å²) < 4.78 is 15.3. The molecule has 0 spiro atoms. The Kier molecular flexibility index (Phi) is 20.1. The van der Waals surface area contributed by atoms with Crippen LogP contribution in [0.1, 0.15) is 70.4 Å². The molecule has 204 valence electrons. The van der Waals surface area contributed by atoms with Crippen molar-refractivity contribution in [2.75, 3.05) is 5.75 Å². The van der Waals surface area contributed by atoms with Gasteiger partial charge in [0.15, 0.2) is 0 Å². The van der Waals surface area contributed by atoms with Gasteiger partial charge in [-0.1, -0.05) is 60.7 Å². The van der Waals surface area contributed by atoms with Gasteiger partial charge in [-0.3, -0.25) is 0 Å². The van der Waals surface area contributed by atoms with Gasteiger partial charge < -0.3 is 27.4 Å². The number of amides is 1. The normalized spacial score (nSPS) is 11.0. The number of benzene rings is 2. The minimum Gasteiger partial charge on any atom is -0.790 e. The topological polar surface area (TPSA) is 64.6 Å². The van der Waals surface area contributed by atoms with Crippen LogP contribution in [0.4, 0.5) is 4.79 Å². The van der Waals surface area contributed by atoms with E-state index in [-0.39, 0.29) is 19.0 Å². The monoisotopic (exact) mass is 635 g/mol. The molecule has 0 heterocycles. The van der Waals surface area contributed by atoms with Crippen molar-refractivity contribution in [3.05, 3.63) is 71.8 Å². The molecular weight excluding hydrogens is 589 g/mol. The average molecular weight is 634 g/mol. The first-order chi connectivity index (χ1) is 18.0. The molecule has 5 nitrogen and oxygen atoms in total. The molecule has 1 N–H and O–H groups in total. The van der Waals surface area contributed by atoms with Crippen LogP contribution in [-0.2, 0) is 40.1 Å². The first kappa shape index (κ1) is 33.4. The molecule has 0 aliphatic carbocycles. The summed E-state index contributed by atoms with van der Waals surface area (Å²) in [5, 5.41) is 2.43. The minimum absolute atomic E-state index is 0.00800. The van der Waals surface area contributed by atoms with Crippen molar-refractivity contribution in [3.63, 3.8) is 0 Å². The van der Waals surface area contributed by atoms with E-state index in [1.165, 1.54) is 38.5 Å². The maximum absolute atomic E-state index is 12.0. The second-order valence-electron chi connectivity index (χ2n) is 9.08. The van der Waals surface area contributed by atoms with Crippen molar-refractivity contribution < 1.29 is 19.1 Å². The summed E-state index contributed by atoms with van der Waals surface area (Å²) in [5.41, 5.74) is 1.72. The van der Waals surface area contributed by atoms with Crippen LogP contribution in [0.5, 0.6) is 0 Å². The molecule has 0 aliphatic rings. The molecule has 2 aromatic rings. The molecule has 0 fully saturated rings. The Balaban J connectivity index is 0.000000448. The Labute approximate surface area is 237 Å². The molecule has 0 saturated carbocycles. The Morgan fingerprint density at radius 2 is 1.19 bits per heavy atom. The van der Waals surface area contributed by atoms with E-state index in [2.05, 4.69) is 26.1 Å². The van der Waals surface area contributed by atoms with Crippen LogP contribution < -0.4 is 5.32 Å². The molecule has 1 amide bonds. The fraction of sp³-hybridized carbons (Fsp3) is 0.533. The van der Waals surface area contributed by atoms with Crippen molar-refractivity contribution >= 4 is 44.5 Å². The van der Waals surface area contributed by atoms with E-state index in [9.17, 15) is 9.59 Å². The van der Waals surface area contributed by atoms with Crippen molar-refractivity contribution in [3.8, 4) is 0 Å². The summed E-state index contributed by atoms with van der Waals surface area (Å²) >= 11 is 4.07. The van der Waals surface area contributed by atoms with Gasteiger partial charge in [0.05, 0.1) is 0 Å². The summed E-state index contributed by atoms with van der Waals surface area (Å²) in [6, 6.07) is 17.6. The quantitative estimate of drug-likeness (QED) is 0.118. The number of nitrogens with one attached hydrogen (secondary N) is 1. The molecule has 7 heteroatoms. The Morgan fingerprint density at radius 1 is 0.757 bits per heavy atom. The SMILES string of the molecule is CCC[CH2][Sn+]([CH2]CCC)[CH2]CCC.O=C(N[C@@H](C[S-])C(=O)OCc1ccccc1)OCc1ccccc1. The summed E-state index contributed by atoms with van der Waals surface area (Å²) in [6.45, 7) is 7.25. The molecule has 0 bridgehead atoms. The smallest absolute Gasteiger partial charge is 0.408 e. The second-order valence-corrected chi connectivity index (χ2v) is 18.0. The van der Waals surface area contributed by atoms with Gasteiger partial charge >= 0.3 is 104 Å². The van der Waals surface area contributed by atoms with Crippen LogP contribution in [-0.4, -0.2) is 43.6 Å². The number of carbonyl (C=O) groups is 2. The number of carbonyl (C=O) groups excluding carboxylic acids is 2. The minimum atomic E-state index is -0.910. The first-order valence-electron chi connectivity index (χ1n) is 13.6. The second kappa shape index (κ2) is 22.3. The number of ether oxygens (including phenoxy) is 2. The third-order valence-electron chi connectivity index (χ3n) is 5.83. The molecule has 0 aromatic heterocycles. The number of hydrogen-bond acceptors (Lipinski definition) is 5. The number of rotatable bonds is 16. The molecule has 0 aliphatic heterocycles. The van der Waals surface area contributed by atoms with Gasteiger partial charge in [0, 0.05) is 0 Å². The average Bonchev–Trinajstić information content (AvgIpc) is 2.94. The van der Waals surface area contributed by atoms with Crippen LogP contribution in [0, 0.1) is 0 Å². The molecule has 2 aromatic carbocycles. The van der Waals surface area contributed by atoms with Gasteiger partial charge in [-0.15, -0.1) is 5.75 Å². The zero-order valence-electron chi connectivity index (χ0n) is 22.9. The molecule has 0 saturated heterocycles. The Bertz CT molecular complexity index is 819. The van der Waals surface area contributed by atoms with Crippen LogP contribution in [0.3, 0.4) is 0 Å². The summed E-state index contributed by atoms with van der Waals surface area (Å²) in [7, 11) is 0. The van der Waals surface area contributed by atoms with Gasteiger partial charge in [-0.2, -0.15) is 0 Å². The van der Waals surface area contributed by atoms with Crippen LogP contribution >= 0.6 is 0 Å². The van der Waals surface area contributed by atoms with E-state index in [1.54, 1.807) is 13.3 Å². The Morgan fingerprint density at radius 3 is 1.59 bits per heavy atom. The maximum Gasteiger partial charge on any atom is 0.408 e. The van der Waals surface area contributed by atoms with Crippen molar-refractivity contribution in [2.45, 2.75) is 91.9 Å². The zero-order chi connectivity index (χ0) is 27.1. The number of unbranched alkanes of at least 4 members (excludes halogenated alkanes) is 3. The van der Waals surface area contributed by atoms with E-state index < -0.39 is 37.9 Å². The third kappa shape index (κ3) is 16.7. The molecular formula is C30H45NO4SSn. The number of hydrogen-bond donors (Lipinski definition) is 1. The molecule has 2 rings (SSSR count). The van der Waals surface area contributed by atoms with Crippen molar-refractivity contribution in [1.82, 2.24) is 5.32 Å². The predicted octanol–water partition coefficient (Wildman–Crippen LogP) is 7.45. The molecule has 1 atom stereocenters. The van der Waals surface area contributed by atoms with Gasteiger partial charge in [-0.05, 0) is 11.1 Å². The summed E-state index contributed by atoms with van der Waals surface area (Å²) in [4.78, 5) is 23.8. The van der Waals surface area contributed by atoms with E-state index in [4.69, 9.17) is 22.1 Å². The van der Waals surface area contributed by atoms with E-state index >= 15 is 0 Å². The van der Waals surface area contributed by atoms with Gasteiger partial charge in [0.25, 0.3) is 0 Å². The van der Waals surface area contributed by atoms with Crippen LogP contribution in [0.25, 0.3) is 0 Å². The molecule has 0 radical (unpaired) electrons. The maximum atomic E-state index is 12.0. The van der Waals surface area contributed by atoms with Crippen molar-refractivity contribution in [1.29, 1.82) is 0 Å². The fourth-order valence-electron chi connectivity index (χ4n) is 3.56. The fourth-order valence-corrected chi connectivity index (χ4v) is 13.2. The van der Waals surface area contributed by atoms with Crippen molar-refractivity contribution in [2.24, 2.45) is 0 Å². The van der Waals surface area contributed by atoms with E-state index in [0.29, 0.717) is 0 Å². The first-order valence-corrected chi connectivity index (χ1v) is 20.3. The zero-order valence-corrected chi connectivity index (χ0v) is 26.5. The third-order valence-corrected chi connectivity index (χ3v) is 15.2. The van der Waals surface area contributed by atoms with Crippen LogP contribution in [0.2, 0.25) is 13.3 Å². The Hall–Kier alpha value is -1.67. The molecule has 0 unspecified atom stereocenters. The van der Waals surface area contributed by atoms with Gasteiger partial charge in [0.2, 0.25) is 0 Å². The van der Waals surface area contributed by atoms with E-state index in [0.717, 1.165) is 11.1 Å². The standard InChI is InChI=1S/C18H19NO4S.3C4H9.Sn/c20-17(22-11-14-7-3-1-4-8-14)16(13-24)19-18(21)23-12-15-9-5-2-6-10-15;3*1-3-4-2;/h1-10,16,24H,11-13H2,(H,19,21);3*1,3-4H2,2H3;/q;;;;+1/p-1/t16-;;;;/m0..../s1. The van der Waals surface area contributed by atoms with E-state index in [1.807, 2.05) is 60.7 Å².